The Morgan fingerprint density at radius 1 is 0.969 bits per heavy atom. The number of nitrogens with one attached hydrogen (secondary N) is 1. The number of hydrogen-bond acceptors (Lipinski definition) is 4. The molecular weight excluding hydrogens is 473 g/mol. The number of hydrogen-bond donors (Lipinski definition) is 1. The van der Waals surface area contributed by atoms with Crippen molar-refractivity contribution in [2.75, 3.05) is 45.2 Å². The normalized spacial score (nSPS) is 14.7. The molecule has 2 aromatic rings. The molecule has 1 heterocycles. The van der Waals surface area contributed by atoms with Crippen molar-refractivity contribution in [3.05, 3.63) is 57.0 Å². The molecule has 32 heavy (non-hydrogen) atoms. The monoisotopic (exact) mass is 497 g/mol. The van der Waals surface area contributed by atoms with Crippen molar-refractivity contribution in [1.29, 1.82) is 0 Å². The Balaban J connectivity index is 1.46. The van der Waals surface area contributed by atoms with Crippen molar-refractivity contribution in [2.45, 2.75) is 19.3 Å². The SMILES string of the molecule is COc1ccc(CCC(=O)N2CCCN(CC(=O)Nc3cc(Cl)c(Cl)cc3Cl)CC2)cc1. The van der Waals surface area contributed by atoms with Gasteiger partial charge in [0.2, 0.25) is 11.8 Å². The van der Waals surface area contributed by atoms with Crippen molar-refractivity contribution in [2.24, 2.45) is 0 Å². The molecule has 3 rings (SSSR count). The topological polar surface area (TPSA) is 61.9 Å². The van der Waals surface area contributed by atoms with Gasteiger partial charge in [0.15, 0.2) is 0 Å². The number of nitrogens with zero attached hydrogens (tertiary/aromatic N) is 2. The summed E-state index contributed by atoms with van der Waals surface area (Å²) in [6.45, 7) is 2.88. The van der Waals surface area contributed by atoms with Crippen LogP contribution in [0.1, 0.15) is 18.4 Å². The lowest BCUT2D eigenvalue weighted by molar-refractivity contribution is -0.131. The Hall–Kier alpha value is -1.99. The molecule has 0 radical (unpaired) electrons. The van der Waals surface area contributed by atoms with Crippen molar-refractivity contribution < 1.29 is 14.3 Å². The van der Waals surface area contributed by atoms with E-state index in [9.17, 15) is 9.59 Å². The zero-order valence-electron chi connectivity index (χ0n) is 17.9. The third kappa shape index (κ3) is 7.01. The van der Waals surface area contributed by atoms with Crippen molar-refractivity contribution in [1.82, 2.24) is 9.80 Å². The third-order valence-electron chi connectivity index (χ3n) is 5.38. The van der Waals surface area contributed by atoms with E-state index in [0.29, 0.717) is 53.2 Å². The number of ether oxygens (including phenoxy) is 1. The second kappa shape index (κ2) is 11.8. The van der Waals surface area contributed by atoms with Gasteiger partial charge in [-0.2, -0.15) is 0 Å². The molecule has 0 saturated carbocycles. The minimum absolute atomic E-state index is 0.134. The quantitative estimate of drug-likeness (QED) is 0.559. The summed E-state index contributed by atoms with van der Waals surface area (Å²) in [4.78, 5) is 29.1. The molecule has 1 aliphatic rings. The molecule has 6 nitrogen and oxygen atoms in total. The van der Waals surface area contributed by atoms with Crippen LogP contribution in [0, 0.1) is 0 Å². The van der Waals surface area contributed by atoms with E-state index in [4.69, 9.17) is 39.5 Å². The Kier molecular flexibility index (Phi) is 9.05. The molecule has 1 aliphatic heterocycles. The van der Waals surface area contributed by atoms with Gasteiger partial charge in [-0.25, -0.2) is 0 Å². The van der Waals surface area contributed by atoms with Crippen LogP contribution < -0.4 is 10.1 Å². The van der Waals surface area contributed by atoms with Crippen LogP contribution in [0.2, 0.25) is 15.1 Å². The molecule has 0 spiro atoms. The first kappa shape index (κ1) is 24.6. The number of amides is 2. The lowest BCUT2D eigenvalue weighted by atomic mass is 10.1. The van der Waals surface area contributed by atoms with Gasteiger partial charge in [0.05, 0.1) is 34.4 Å². The summed E-state index contributed by atoms with van der Waals surface area (Å²) in [6.07, 6.45) is 1.97. The zero-order chi connectivity index (χ0) is 23.1. The van der Waals surface area contributed by atoms with E-state index in [1.54, 1.807) is 7.11 Å². The van der Waals surface area contributed by atoms with Crippen molar-refractivity contribution in [3.63, 3.8) is 0 Å². The van der Waals surface area contributed by atoms with Gasteiger partial charge < -0.3 is 15.0 Å². The average Bonchev–Trinajstić information content (AvgIpc) is 3.01. The number of carbonyl (C=O) groups excluding carboxylic acids is 2. The van der Waals surface area contributed by atoms with Crippen LogP contribution in [0.4, 0.5) is 5.69 Å². The molecule has 2 aromatic carbocycles. The van der Waals surface area contributed by atoms with E-state index in [1.165, 1.54) is 12.1 Å². The maximum atomic E-state index is 12.7. The van der Waals surface area contributed by atoms with Crippen molar-refractivity contribution in [3.8, 4) is 5.75 Å². The summed E-state index contributed by atoms with van der Waals surface area (Å²) in [5, 5.41) is 3.77. The molecule has 0 bridgehead atoms. The van der Waals surface area contributed by atoms with Gasteiger partial charge in [-0.15, -0.1) is 0 Å². The highest BCUT2D eigenvalue weighted by Gasteiger charge is 2.21. The number of aryl methyl sites for hydroxylation is 1. The molecule has 2 amide bonds. The molecule has 9 heteroatoms. The lowest BCUT2D eigenvalue weighted by Gasteiger charge is -2.22. The number of rotatable bonds is 7. The standard InChI is InChI=1S/C23H26Cl3N3O3/c1-32-17-6-3-16(4-7-17)5-8-23(31)29-10-2-9-28(11-12-29)15-22(30)27-21-14-19(25)18(24)13-20(21)26/h3-4,6-7,13-14H,2,5,8-12,15H2,1H3,(H,27,30). The number of halogens is 3. The van der Waals surface area contributed by atoms with Gasteiger partial charge in [0.25, 0.3) is 0 Å². The number of carbonyl (C=O) groups is 2. The fourth-order valence-corrected chi connectivity index (χ4v) is 4.19. The molecule has 1 N–H and O–H groups in total. The summed E-state index contributed by atoms with van der Waals surface area (Å²) in [7, 11) is 1.63. The van der Waals surface area contributed by atoms with E-state index >= 15 is 0 Å². The molecule has 1 fully saturated rings. The van der Waals surface area contributed by atoms with Crippen LogP contribution in [0.5, 0.6) is 5.75 Å². The van der Waals surface area contributed by atoms with Gasteiger partial charge in [-0.05, 0) is 42.7 Å². The number of methoxy groups -OCH3 is 1. The minimum Gasteiger partial charge on any atom is -0.497 e. The van der Waals surface area contributed by atoms with Crippen LogP contribution in [0.25, 0.3) is 0 Å². The fourth-order valence-electron chi connectivity index (χ4n) is 3.59. The minimum atomic E-state index is -0.190. The largest absolute Gasteiger partial charge is 0.497 e. The van der Waals surface area contributed by atoms with Crippen LogP contribution >= 0.6 is 34.8 Å². The summed E-state index contributed by atoms with van der Waals surface area (Å²) in [5.41, 5.74) is 1.53. The first-order valence-corrected chi connectivity index (χ1v) is 11.6. The molecule has 0 aromatic heterocycles. The van der Waals surface area contributed by atoms with E-state index < -0.39 is 0 Å². The Labute approximate surface area is 203 Å². The molecule has 0 unspecified atom stereocenters. The Morgan fingerprint density at radius 3 is 2.41 bits per heavy atom. The summed E-state index contributed by atoms with van der Waals surface area (Å²) >= 11 is 18.1. The highest BCUT2D eigenvalue weighted by molar-refractivity contribution is 6.44. The number of anilines is 1. The van der Waals surface area contributed by atoms with Gasteiger partial charge in [0, 0.05) is 32.6 Å². The van der Waals surface area contributed by atoms with E-state index in [0.717, 1.165) is 24.3 Å². The molecule has 0 aliphatic carbocycles. The van der Waals surface area contributed by atoms with Gasteiger partial charge in [0.1, 0.15) is 5.75 Å². The lowest BCUT2D eigenvalue weighted by Crippen LogP contribution is -2.38. The predicted molar refractivity (Wildman–Crippen MR) is 129 cm³/mol. The molecule has 1 saturated heterocycles. The van der Waals surface area contributed by atoms with Gasteiger partial charge in [-0.3, -0.25) is 14.5 Å². The second-order valence-electron chi connectivity index (χ2n) is 7.65. The third-order valence-corrected chi connectivity index (χ3v) is 6.41. The van der Waals surface area contributed by atoms with E-state index in [-0.39, 0.29) is 18.4 Å². The van der Waals surface area contributed by atoms with Gasteiger partial charge >= 0.3 is 0 Å². The smallest absolute Gasteiger partial charge is 0.238 e. The van der Waals surface area contributed by atoms with Crippen LogP contribution in [0.3, 0.4) is 0 Å². The van der Waals surface area contributed by atoms with Crippen LogP contribution in [-0.2, 0) is 16.0 Å². The van der Waals surface area contributed by atoms with Crippen LogP contribution in [0.15, 0.2) is 36.4 Å². The highest BCUT2D eigenvalue weighted by Crippen LogP contribution is 2.32. The summed E-state index contributed by atoms with van der Waals surface area (Å²) in [5.74, 6) is 0.748. The predicted octanol–water partition coefficient (Wildman–Crippen LogP) is 4.76. The highest BCUT2D eigenvalue weighted by atomic mass is 35.5. The summed E-state index contributed by atoms with van der Waals surface area (Å²) in [6, 6.07) is 10.8. The maximum absolute atomic E-state index is 12.7. The zero-order valence-corrected chi connectivity index (χ0v) is 20.1. The van der Waals surface area contributed by atoms with Gasteiger partial charge in [-0.1, -0.05) is 46.9 Å². The molecule has 172 valence electrons. The molecular formula is C23H26Cl3N3O3. The van der Waals surface area contributed by atoms with E-state index in [1.807, 2.05) is 34.1 Å². The Bertz CT molecular complexity index is 953. The first-order chi connectivity index (χ1) is 15.4. The van der Waals surface area contributed by atoms with Crippen molar-refractivity contribution >= 4 is 52.3 Å². The maximum Gasteiger partial charge on any atom is 0.238 e. The molecule has 0 atom stereocenters. The second-order valence-corrected chi connectivity index (χ2v) is 8.87. The van der Waals surface area contributed by atoms with E-state index in [2.05, 4.69) is 5.32 Å². The Morgan fingerprint density at radius 2 is 1.69 bits per heavy atom. The first-order valence-electron chi connectivity index (χ1n) is 10.4. The fraction of sp³-hybridized carbons (Fsp3) is 0.391. The average molecular weight is 499 g/mol. The number of benzene rings is 2. The van der Waals surface area contributed by atoms with Crippen LogP contribution in [-0.4, -0.2) is 61.4 Å². The summed E-state index contributed by atoms with van der Waals surface area (Å²) < 4.78 is 5.16.